The highest BCUT2D eigenvalue weighted by Crippen LogP contribution is 2.15. The van der Waals surface area contributed by atoms with Gasteiger partial charge >= 0.3 is 0 Å². The van der Waals surface area contributed by atoms with E-state index in [0.29, 0.717) is 19.0 Å². The summed E-state index contributed by atoms with van der Waals surface area (Å²) in [6.07, 6.45) is 3.40. The van der Waals surface area contributed by atoms with Crippen molar-refractivity contribution in [3.63, 3.8) is 0 Å². The molecule has 3 rings (SSSR count). The number of nitrogens with one attached hydrogen (secondary N) is 1. The lowest BCUT2D eigenvalue weighted by Crippen LogP contribution is -2.30. The smallest absolute Gasteiger partial charge is 0.239 e. The number of halogens is 1. The van der Waals surface area contributed by atoms with E-state index in [1.807, 2.05) is 60.5 Å². The monoisotopic (exact) mass is 440 g/mol. The Morgan fingerprint density at radius 3 is 2.61 bits per heavy atom. The number of carbonyl (C=O) groups is 1. The van der Waals surface area contributed by atoms with Crippen LogP contribution in [0.15, 0.2) is 71.5 Å². The summed E-state index contributed by atoms with van der Waals surface area (Å²) in [7, 11) is 1.90. The third-order valence-electron chi connectivity index (χ3n) is 3.90. The number of likely N-dealkylation sites (N-methyl/N-ethyl adjacent to an activating group) is 1. The summed E-state index contributed by atoms with van der Waals surface area (Å²) in [6.45, 7) is 1.36. The molecular weight excluding hydrogens is 420 g/mol. The van der Waals surface area contributed by atoms with Crippen molar-refractivity contribution >= 4 is 27.7 Å². The number of carbonyl (C=O) groups excluding carboxylic acids is 1. The summed E-state index contributed by atoms with van der Waals surface area (Å²) in [5.41, 5.74) is 1.99. The van der Waals surface area contributed by atoms with E-state index in [1.54, 1.807) is 18.5 Å². The van der Waals surface area contributed by atoms with Gasteiger partial charge in [0.15, 0.2) is 0 Å². The van der Waals surface area contributed by atoms with Crippen LogP contribution in [0.2, 0.25) is 0 Å². The van der Waals surface area contributed by atoms with Gasteiger partial charge in [0.1, 0.15) is 18.2 Å². The quantitative estimate of drug-likeness (QED) is 0.575. The van der Waals surface area contributed by atoms with Gasteiger partial charge in [0.05, 0.1) is 12.2 Å². The number of ether oxygens (including phenoxy) is 1. The molecule has 3 aromatic rings. The molecule has 0 saturated heterocycles. The van der Waals surface area contributed by atoms with Crippen LogP contribution in [0.1, 0.15) is 11.3 Å². The van der Waals surface area contributed by atoms with Gasteiger partial charge in [-0.15, -0.1) is 0 Å². The Kier molecular flexibility index (Phi) is 7.11. The summed E-state index contributed by atoms with van der Waals surface area (Å²) < 4.78 is 6.61. The topological polar surface area (TPSA) is 67.4 Å². The summed E-state index contributed by atoms with van der Waals surface area (Å²) >= 11 is 3.32. The van der Waals surface area contributed by atoms with Crippen LogP contribution in [0.5, 0.6) is 5.75 Å². The Bertz CT molecular complexity index is 887. The number of rotatable bonds is 8. The third kappa shape index (κ3) is 6.44. The first kappa shape index (κ1) is 20.0. The number of benzene rings is 1. The van der Waals surface area contributed by atoms with Gasteiger partial charge in [0, 0.05) is 23.4 Å². The van der Waals surface area contributed by atoms with Gasteiger partial charge in [-0.3, -0.25) is 14.7 Å². The van der Waals surface area contributed by atoms with Crippen molar-refractivity contribution in [2.45, 2.75) is 13.2 Å². The Morgan fingerprint density at radius 1 is 1.11 bits per heavy atom. The molecule has 7 heteroatoms. The number of anilines is 1. The van der Waals surface area contributed by atoms with Crippen LogP contribution in [0, 0.1) is 0 Å². The molecule has 0 unspecified atom stereocenters. The maximum atomic E-state index is 12.1. The van der Waals surface area contributed by atoms with E-state index in [9.17, 15) is 4.79 Å². The Balaban J connectivity index is 1.45. The van der Waals surface area contributed by atoms with E-state index in [1.165, 1.54) is 0 Å². The first-order valence-electron chi connectivity index (χ1n) is 8.80. The highest BCUT2D eigenvalue weighted by Gasteiger charge is 2.08. The zero-order valence-corrected chi connectivity index (χ0v) is 17.1. The summed E-state index contributed by atoms with van der Waals surface area (Å²) in [5, 5.41) is 2.79. The molecule has 1 N–H and O–H groups in total. The lowest BCUT2D eigenvalue weighted by Gasteiger charge is -2.16. The molecule has 2 heterocycles. The fourth-order valence-electron chi connectivity index (χ4n) is 2.58. The fourth-order valence-corrected chi connectivity index (χ4v) is 2.81. The molecule has 0 radical (unpaired) electrons. The number of pyridine rings is 2. The lowest BCUT2D eigenvalue weighted by atomic mass is 10.2. The van der Waals surface area contributed by atoms with E-state index in [2.05, 4.69) is 31.2 Å². The molecule has 0 atom stereocenters. The summed E-state index contributed by atoms with van der Waals surface area (Å²) in [4.78, 5) is 22.5. The number of nitrogens with zero attached hydrogens (tertiary/aromatic N) is 3. The molecule has 0 saturated carbocycles. The molecule has 0 aliphatic carbocycles. The minimum atomic E-state index is -0.104. The van der Waals surface area contributed by atoms with Crippen LogP contribution in [0.3, 0.4) is 0 Å². The van der Waals surface area contributed by atoms with E-state index >= 15 is 0 Å². The Morgan fingerprint density at radius 2 is 1.93 bits per heavy atom. The van der Waals surface area contributed by atoms with Gasteiger partial charge in [-0.05, 0) is 64.9 Å². The maximum Gasteiger partial charge on any atom is 0.239 e. The lowest BCUT2D eigenvalue weighted by molar-refractivity contribution is -0.117. The minimum absolute atomic E-state index is 0.104. The van der Waals surface area contributed by atoms with Crippen molar-refractivity contribution in [2.24, 2.45) is 0 Å². The molecule has 1 aromatic carbocycles. The second-order valence-electron chi connectivity index (χ2n) is 6.34. The first-order chi connectivity index (χ1) is 13.6. The van der Waals surface area contributed by atoms with Crippen molar-refractivity contribution in [3.8, 4) is 5.75 Å². The van der Waals surface area contributed by atoms with Crippen LogP contribution in [0.25, 0.3) is 0 Å². The molecule has 2 aromatic heterocycles. The normalized spacial score (nSPS) is 10.7. The molecule has 0 fully saturated rings. The van der Waals surface area contributed by atoms with Crippen molar-refractivity contribution in [3.05, 3.63) is 82.7 Å². The average molecular weight is 441 g/mol. The van der Waals surface area contributed by atoms with Crippen LogP contribution < -0.4 is 10.1 Å². The second-order valence-corrected chi connectivity index (χ2v) is 7.25. The molecule has 0 aliphatic heterocycles. The fraction of sp³-hybridized carbons (Fsp3) is 0.190. The standard InChI is InChI=1S/C21H21BrN4O2/c1-26(14-21(27)25-20-10-7-17(22)12-24-20)13-16-5-8-19(9-6-16)28-15-18-4-2-3-11-23-18/h2-12H,13-15H2,1H3,(H,24,25,27). The van der Waals surface area contributed by atoms with Gasteiger partial charge < -0.3 is 10.1 Å². The van der Waals surface area contributed by atoms with E-state index in [-0.39, 0.29) is 12.5 Å². The van der Waals surface area contributed by atoms with Gasteiger partial charge in [-0.1, -0.05) is 18.2 Å². The van der Waals surface area contributed by atoms with Crippen molar-refractivity contribution in [2.75, 3.05) is 18.9 Å². The molecule has 0 aliphatic rings. The number of amides is 1. The van der Waals surface area contributed by atoms with Crippen LogP contribution in [-0.4, -0.2) is 34.4 Å². The van der Waals surface area contributed by atoms with Crippen LogP contribution in [-0.2, 0) is 17.9 Å². The second kappa shape index (κ2) is 9.96. The minimum Gasteiger partial charge on any atom is -0.487 e. The summed E-state index contributed by atoms with van der Waals surface area (Å²) in [6, 6.07) is 17.2. The largest absolute Gasteiger partial charge is 0.487 e. The number of hydrogen-bond donors (Lipinski definition) is 1. The Labute approximate surface area is 172 Å². The Hall–Kier alpha value is -2.77. The molecular formula is C21H21BrN4O2. The maximum absolute atomic E-state index is 12.1. The summed E-state index contributed by atoms with van der Waals surface area (Å²) in [5.74, 6) is 1.22. The first-order valence-corrected chi connectivity index (χ1v) is 9.59. The van der Waals surface area contributed by atoms with Gasteiger partial charge in [0.25, 0.3) is 0 Å². The average Bonchev–Trinajstić information content (AvgIpc) is 2.70. The predicted molar refractivity (Wildman–Crippen MR) is 112 cm³/mol. The van der Waals surface area contributed by atoms with Crippen molar-refractivity contribution in [1.82, 2.24) is 14.9 Å². The predicted octanol–water partition coefficient (Wildman–Crippen LogP) is 3.89. The highest BCUT2D eigenvalue weighted by atomic mass is 79.9. The van der Waals surface area contributed by atoms with E-state index < -0.39 is 0 Å². The molecule has 144 valence electrons. The molecule has 0 bridgehead atoms. The third-order valence-corrected chi connectivity index (χ3v) is 4.37. The van der Waals surface area contributed by atoms with Gasteiger partial charge in [-0.25, -0.2) is 4.98 Å². The SMILES string of the molecule is CN(CC(=O)Nc1ccc(Br)cn1)Cc1ccc(OCc2ccccn2)cc1. The van der Waals surface area contributed by atoms with E-state index in [4.69, 9.17) is 4.74 Å². The molecule has 1 amide bonds. The zero-order chi connectivity index (χ0) is 19.8. The van der Waals surface area contributed by atoms with Crippen LogP contribution >= 0.6 is 15.9 Å². The molecule has 28 heavy (non-hydrogen) atoms. The van der Waals surface area contributed by atoms with E-state index in [0.717, 1.165) is 21.5 Å². The van der Waals surface area contributed by atoms with Gasteiger partial charge in [0.2, 0.25) is 5.91 Å². The van der Waals surface area contributed by atoms with Crippen molar-refractivity contribution in [1.29, 1.82) is 0 Å². The highest BCUT2D eigenvalue weighted by molar-refractivity contribution is 9.10. The number of aromatic nitrogens is 2. The number of hydrogen-bond acceptors (Lipinski definition) is 5. The van der Waals surface area contributed by atoms with Crippen molar-refractivity contribution < 1.29 is 9.53 Å². The van der Waals surface area contributed by atoms with Gasteiger partial charge in [-0.2, -0.15) is 0 Å². The molecule has 0 spiro atoms. The zero-order valence-electron chi connectivity index (χ0n) is 15.5. The van der Waals surface area contributed by atoms with Crippen LogP contribution in [0.4, 0.5) is 5.82 Å². The molecule has 6 nitrogen and oxygen atoms in total.